The van der Waals surface area contributed by atoms with E-state index >= 15 is 0 Å². The summed E-state index contributed by atoms with van der Waals surface area (Å²) in [6.07, 6.45) is -13.3. The Labute approximate surface area is 678 Å². The first kappa shape index (κ1) is 99.2. The Bertz CT molecular complexity index is 3760. The Morgan fingerprint density at radius 2 is 1.07 bits per heavy atom. The van der Waals surface area contributed by atoms with Crippen molar-refractivity contribution in [2.45, 2.75) is 213 Å². The van der Waals surface area contributed by atoms with Crippen LogP contribution in [0.4, 0.5) is 0 Å². The van der Waals surface area contributed by atoms with Gasteiger partial charge >= 0.3 is 17.9 Å². The number of hydrogen-bond donors (Lipinski definition) is 25. The number of nitrogens with two attached hydrogens (primary N) is 4. The summed E-state index contributed by atoms with van der Waals surface area (Å²) in [5, 5.41) is 112. The van der Waals surface area contributed by atoms with Gasteiger partial charge in [0, 0.05) is 63.0 Å². The lowest BCUT2D eigenvalue weighted by Crippen LogP contribution is -2.60. The fraction of sp³-hybridized carbons (Fsp3) is 0.623. The van der Waals surface area contributed by atoms with Crippen LogP contribution in [-0.4, -0.2) is 325 Å². The highest BCUT2D eigenvalue weighted by molar-refractivity contribution is 7.07. The highest BCUT2D eigenvalue weighted by atomic mass is 32.1. The van der Waals surface area contributed by atoms with Gasteiger partial charge in [0.05, 0.1) is 62.7 Å². The maximum absolute atomic E-state index is 14.5. The molecule has 29 N–H and O–H groups in total. The number of rotatable bonds is 53. The van der Waals surface area contributed by atoms with Crippen LogP contribution in [0.15, 0.2) is 35.4 Å². The molecule has 118 heavy (non-hydrogen) atoms. The molecule has 0 spiro atoms. The van der Waals surface area contributed by atoms with Gasteiger partial charge in [-0.1, -0.05) is 0 Å². The van der Waals surface area contributed by atoms with Crippen molar-refractivity contribution in [3.63, 3.8) is 0 Å². The highest BCUT2D eigenvalue weighted by Crippen LogP contribution is 2.25. The van der Waals surface area contributed by atoms with Gasteiger partial charge in [0.15, 0.2) is 12.3 Å². The standard InChI is InChI=1S/C69H106N20O28S/c1-33(80-65(111)44(83-48(93)25-72)23-36-31-118-32-79-36)59(105)75-26-51(96)84-43(22-35-16-19-74-20-17-35)66(112)86-39(9-8-37(24-71)116-69-58(104)57(103)56(102)46(30-90)117-69)61(107)77-28-49(94)81-41(11-14-53(98)99)63(109)85-40(10-13-47(73)92)62(108)78-29-52(97)89-21-5-7-45(89)67(113)87-38(6-3-4-18-70)60(106)76-27-50(95)82-42(12-15-54(100)101)64(110)88-55(34(2)91)68(114)115/h16-17,19-20,31-34,37-46,55-58,69,90-91,102-104H,3-15,18,21-30,70-72H2,1-2H3,(H2,73,92)(H,75,105)(H,76,106)(H,77,107)(H,78,108)(H,80,111)(H,81,94)(H,82,95)(H,83,93)(H,84,96)(H,85,109)(H,86,112)(H,87,113)(H,88,110)(H,98,99)(H,100,101)(H,114,115)/t33-,34+,37+,38-,39-,40-,41-,42-,43-,44-,45-,46+,55-,56-,57-,58+,69+/m0/s1. The number of aliphatic hydroxyl groups is 5. The first-order chi connectivity index (χ1) is 55.9. The molecule has 0 bridgehead atoms. The van der Waals surface area contributed by atoms with Gasteiger partial charge in [-0.25, -0.2) is 9.78 Å². The molecule has 4 heterocycles. The number of carboxylic acid groups (broad SMARTS) is 3. The van der Waals surface area contributed by atoms with Crippen molar-refractivity contribution >= 4 is 118 Å². The van der Waals surface area contributed by atoms with E-state index in [-0.39, 0.29) is 58.0 Å². The van der Waals surface area contributed by atoms with E-state index in [2.05, 4.69) is 73.8 Å². The number of ether oxygens (including phenoxy) is 2. The monoisotopic (exact) mass is 1690 g/mol. The van der Waals surface area contributed by atoms with E-state index in [0.29, 0.717) is 17.7 Å². The molecule has 15 amide bonds. The van der Waals surface area contributed by atoms with Crippen LogP contribution in [0.5, 0.6) is 0 Å². The molecule has 48 nitrogen and oxygen atoms in total. The summed E-state index contributed by atoms with van der Waals surface area (Å²) in [5.74, 6) is -19.7. The molecule has 0 radical (unpaired) electrons. The summed E-state index contributed by atoms with van der Waals surface area (Å²) in [6, 6.07) is -12.8. The summed E-state index contributed by atoms with van der Waals surface area (Å²) in [6.45, 7) is -2.91. The number of carboxylic acids is 3. The number of primary amides is 1. The number of aromatic nitrogens is 2. The number of hydrogen-bond acceptors (Lipinski definition) is 31. The SMILES string of the molecule is C[C@H](NC(=O)[C@H](Cc1cscn1)NC(=O)CN)C(=O)NCC(=O)N[C@@H](Cc1ccncc1)C(=O)N[C@@H](CC[C@H](CN)O[C@@H]1O[C@H](CO)[C@H](O)[C@H](O)[C@H]1O)C(=O)NCC(=O)N[C@@H](CCC(=O)O)C(=O)N[C@@H](CCC(N)=O)C(=O)NCC(=O)N1CCC[C@H]1C(=O)N[C@@H](CCCCN)C(=O)NCC(=O)N[C@@H](CCC(=O)O)C(=O)N[C@H](C(=O)O)[C@@H](C)O. The number of thiazole rings is 1. The Kier molecular flexibility index (Phi) is 43.0. The van der Waals surface area contributed by atoms with Crippen molar-refractivity contribution in [3.05, 3.63) is 46.7 Å². The Hall–Kier alpha value is -11.2. The van der Waals surface area contributed by atoms with Crippen LogP contribution >= 0.6 is 11.3 Å². The number of unbranched alkanes of at least 4 members (excludes halogenated alkanes) is 1. The number of likely N-dealkylation sites (tertiary alicyclic amines) is 1. The number of amides is 15. The Morgan fingerprint density at radius 3 is 1.58 bits per heavy atom. The number of aliphatic hydroxyl groups excluding tert-OH is 5. The lowest BCUT2D eigenvalue weighted by molar-refractivity contribution is -0.310. The minimum Gasteiger partial charge on any atom is -0.481 e. The number of aliphatic carboxylic acids is 3. The van der Waals surface area contributed by atoms with Crippen LogP contribution in [0.25, 0.3) is 0 Å². The van der Waals surface area contributed by atoms with Crippen LogP contribution in [0.1, 0.15) is 109 Å². The molecule has 0 aliphatic carbocycles. The minimum absolute atomic E-state index is 0.0261. The van der Waals surface area contributed by atoms with Gasteiger partial charge < -0.3 is 147 Å². The molecule has 0 aromatic carbocycles. The van der Waals surface area contributed by atoms with Gasteiger partial charge in [-0.2, -0.15) is 0 Å². The van der Waals surface area contributed by atoms with Crippen LogP contribution in [-0.2, 0) is 109 Å². The number of nitrogens with one attached hydrogen (secondary N) is 13. The third kappa shape index (κ3) is 34.6. The van der Waals surface area contributed by atoms with E-state index in [0.717, 1.165) is 11.8 Å². The molecule has 4 rings (SSSR count). The molecule has 17 atom stereocenters. The highest BCUT2D eigenvalue weighted by Gasteiger charge is 2.46. The fourth-order valence-electron chi connectivity index (χ4n) is 11.8. The number of carbonyl (C=O) groups excluding carboxylic acids is 15. The van der Waals surface area contributed by atoms with Crippen molar-refractivity contribution in [1.29, 1.82) is 0 Å². The maximum atomic E-state index is 14.5. The third-order valence-corrected chi connectivity index (χ3v) is 18.9. The molecule has 656 valence electrons. The zero-order valence-electron chi connectivity index (χ0n) is 64.6. The Morgan fingerprint density at radius 1 is 0.568 bits per heavy atom. The normalized spacial score (nSPS) is 19.1. The summed E-state index contributed by atoms with van der Waals surface area (Å²) in [4.78, 5) is 247. The molecule has 0 unspecified atom stereocenters. The molecule has 2 aliphatic heterocycles. The zero-order valence-corrected chi connectivity index (χ0v) is 65.4. The second-order valence-corrected chi connectivity index (χ2v) is 28.2. The van der Waals surface area contributed by atoms with Crippen molar-refractivity contribution in [1.82, 2.24) is 84.0 Å². The van der Waals surface area contributed by atoms with Gasteiger partial charge in [0.25, 0.3) is 0 Å². The quantitative estimate of drug-likeness (QED) is 0.0274. The summed E-state index contributed by atoms with van der Waals surface area (Å²) in [7, 11) is 0. The smallest absolute Gasteiger partial charge is 0.328 e. The van der Waals surface area contributed by atoms with Crippen molar-refractivity contribution in [2.24, 2.45) is 22.9 Å². The molecular formula is C69H106N20O28S. The first-order valence-electron chi connectivity index (χ1n) is 37.4. The third-order valence-electron chi connectivity index (χ3n) is 18.3. The zero-order chi connectivity index (χ0) is 87.9. The number of nitrogens with zero attached hydrogens (tertiary/aromatic N) is 3. The van der Waals surface area contributed by atoms with Crippen molar-refractivity contribution < 1.29 is 137 Å². The summed E-state index contributed by atoms with van der Waals surface area (Å²) < 4.78 is 11.3. The lowest BCUT2D eigenvalue weighted by Gasteiger charge is -2.40. The van der Waals surface area contributed by atoms with E-state index in [1.807, 2.05) is 5.32 Å². The minimum atomic E-state index is -1.92. The van der Waals surface area contributed by atoms with E-state index < -0.39 is 301 Å². The topological polar surface area (TPSA) is 777 Å². The van der Waals surface area contributed by atoms with E-state index in [1.54, 1.807) is 5.38 Å². The molecule has 2 saturated heterocycles. The second-order valence-electron chi connectivity index (χ2n) is 27.4. The van der Waals surface area contributed by atoms with Crippen LogP contribution < -0.4 is 92.1 Å². The van der Waals surface area contributed by atoms with Gasteiger partial charge in [0.2, 0.25) is 88.6 Å². The molecule has 2 aromatic heterocycles. The average molecular weight is 1700 g/mol. The van der Waals surface area contributed by atoms with E-state index in [9.17, 15) is 127 Å². The second kappa shape index (κ2) is 51.1. The maximum Gasteiger partial charge on any atom is 0.328 e. The largest absolute Gasteiger partial charge is 0.481 e. The molecule has 49 heteroatoms. The molecular weight excluding hydrogens is 1590 g/mol. The predicted molar refractivity (Wildman–Crippen MR) is 404 cm³/mol. The van der Waals surface area contributed by atoms with Crippen LogP contribution in [0.2, 0.25) is 0 Å². The van der Waals surface area contributed by atoms with Gasteiger partial charge in [-0.15, -0.1) is 11.3 Å². The van der Waals surface area contributed by atoms with Gasteiger partial charge in [-0.3, -0.25) is 86.5 Å². The first-order valence-corrected chi connectivity index (χ1v) is 38.4. The molecule has 2 aliphatic rings. The average Bonchev–Trinajstić information content (AvgIpc) is 1.09. The van der Waals surface area contributed by atoms with Gasteiger partial charge in [0.1, 0.15) is 78.8 Å². The predicted octanol–water partition coefficient (Wildman–Crippen LogP) is -12.4. The van der Waals surface area contributed by atoms with Crippen molar-refractivity contribution in [3.8, 4) is 0 Å². The van der Waals surface area contributed by atoms with E-state index in [1.165, 1.54) is 48.3 Å². The Balaban J connectivity index is 1.51. The summed E-state index contributed by atoms with van der Waals surface area (Å²) >= 11 is 1.23. The fourth-order valence-corrected chi connectivity index (χ4v) is 12.4. The van der Waals surface area contributed by atoms with Gasteiger partial charge in [-0.05, 0) is 102 Å². The molecule has 2 aromatic rings. The molecule has 2 fully saturated rings. The number of carbonyl (C=O) groups is 18. The van der Waals surface area contributed by atoms with Crippen LogP contribution in [0, 0.1) is 0 Å². The number of pyridine rings is 1. The van der Waals surface area contributed by atoms with E-state index in [4.69, 9.17) is 32.4 Å². The van der Waals surface area contributed by atoms with Crippen molar-refractivity contribution in [2.75, 3.05) is 59.0 Å². The summed E-state index contributed by atoms with van der Waals surface area (Å²) in [5.41, 5.74) is 24.9. The molecule has 0 saturated carbocycles. The lowest BCUT2D eigenvalue weighted by atomic mass is 9.99. The van der Waals surface area contributed by atoms with Crippen LogP contribution in [0.3, 0.4) is 0 Å².